The maximum Gasteiger partial charge on any atom is 0.330 e. The molecular formula is C19H23N3O4. The van der Waals surface area contributed by atoms with Gasteiger partial charge in [0, 0.05) is 39.3 Å². The molecule has 0 aliphatic heterocycles. The number of carbonyl (C=O) groups is 1. The van der Waals surface area contributed by atoms with Gasteiger partial charge in [0.05, 0.1) is 12.1 Å². The molecule has 0 bridgehead atoms. The summed E-state index contributed by atoms with van der Waals surface area (Å²) in [5, 5.41) is 0. The van der Waals surface area contributed by atoms with Crippen LogP contribution in [0.3, 0.4) is 0 Å². The molecule has 0 spiro atoms. The van der Waals surface area contributed by atoms with Crippen molar-refractivity contribution in [2.45, 2.75) is 25.8 Å². The molecule has 1 saturated carbocycles. The molecule has 0 unspecified atom stereocenters. The van der Waals surface area contributed by atoms with Crippen LogP contribution in [-0.2, 0) is 25.4 Å². The van der Waals surface area contributed by atoms with E-state index >= 15 is 0 Å². The van der Waals surface area contributed by atoms with Gasteiger partial charge in [-0.1, -0.05) is 6.92 Å². The lowest BCUT2D eigenvalue weighted by Crippen LogP contribution is -2.37. The minimum atomic E-state index is -0.436. The van der Waals surface area contributed by atoms with E-state index in [1.54, 1.807) is 14.1 Å². The Bertz CT molecular complexity index is 979. The van der Waals surface area contributed by atoms with Gasteiger partial charge in [-0.2, -0.15) is 0 Å². The maximum atomic E-state index is 12.3. The fraction of sp³-hybridized carbons (Fsp3) is 0.421. The average Bonchev–Trinajstić information content (AvgIpc) is 3.16. The highest BCUT2D eigenvalue weighted by Crippen LogP contribution is 2.47. The molecule has 26 heavy (non-hydrogen) atoms. The lowest BCUT2D eigenvalue weighted by atomic mass is 10.2. The molecule has 2 atom stereocenters. The average molecular weight is 357 g/mol. The minimum absolute atomic E-state index is 0.251. The van der Waals surface area contributed by atoms with E-state index in [0.717, 1.165) is 22.5 Å². The molecule has 0 aromatic carbocycles. The van der Waals surface area contributed by atoms with Crippen molar-refractivity contribution >= 4 is 12.0 Å². The molecule has 2 aromatic rings. The first-order chi connectivity index (χ1) is 12.3. The first kappa shape index (κ1) is 18.0. The molecule has 138 valence electrons. The zero-order valence-corrected chi connectivity index (χ0v) is 15.4. The van der Waals surface area contributed by atoms with E-state index in [-0.39, 0.29) is 11.5 Å². The third-order valence-electron chi connectivity index (χ3n) is 4.81. The summed E-state index contributed by atoms with van der Waals surface area (Å²) < 4.78 is 8.13. The number of likely N-dealkylation sites (N-methyl/N-ethyl adjacent to an activating group) is 1. The van der Waals surface area contributed by atoms with E-state index in [9.17, 15) is 14.4 Å². The number of hydrogen-bond donors (Lipinski definition) is 0. The van der Waals surface area contributed by atoms with Crippen LogP contribution in [0.15, 0.2) is 38.4 Å². The van der Waals surface area contributed by atoms with Crippen LogP contribution < -0.4 is 11.2 Å². The van der Waals surface area contributed by atoms with Gasteiger partial charge in [-0.25, -0.2) is 4.79 Å². The Balaban J connectivity index is 1.68. The molecule has 7 heteroatoms. The minimum Gasteiger partial charge on any atom is -0.464 e. The number of aromatic nitrogens is 2. The highest BCUT2D eigenvalue weighted by Gasteiger charge is 2.36. The zero-order chi connectivity index (χ0) is 19.0. The predicted molar refractivity (Wildman–Crippen MR) is 97.7 cm³/mol. The Hall–Kier alpha value is -2.83. The smallest absolute Gasteiger partial charge is 0.330 e. The van der Waals surface area contributed by atoms with Crippen LogP contribution in [0.4, 0.5) is 0 Å². The summed E-state index contributed by atoms with van der Waals surface area (Å²) in [4.78, 5) is 37.6. The van der Waals surface area contributed by atoms with Crippen LogP contribution in [-0.4, -0.2) is 27.0 Å². The summed E-state index contributed by atoms with van der Waals surface area (Å²) in [6.07, 6.45) is 5.33. The van der Waals surface area contributed by atoms with Gasteiger partial charge in [-0.15, -0.1) is 0 Å². The molecule has 0 radical (unpaired) electrons. The molecule has 2 heterocycles. The molecule has 1 aliphatic carbocycles. The van der Waals surface area contributed by atoms with Gasteiger partial charge in [-0.05, 0) is 30.5 Å². The molecule has 7 nitrogen and oxygen atoms in total. The van der Waals surface area contributed by atoms with Gasteiger partial charge < -0.3 is 13.9 Å². The van der Waals surface area contributed by atoms with Crippen molar-refractivity contribution in [2.75, 3.05) is 7.05 Å². The second-order valence-electron chi connectivity index (χ2n) is 6.99. The van der Waals surface area contributed by atoms with E-state index in [2.05, 4.69) is 6.92 Å². The Morgan fingerprint density at radius 2 is 2.04 bits per heavy atom. The van der Waals surface area contributed by atoms with Crippen LogP contribution in [0.1, 0.15) is 36.3 Å². The number of rotatable bonds is 5. The first-order valence-electron chi connectivity index (χ1n) is 8.56. The Kier molecular flexibility index (Phi) is 4.71. The summed E-state index contributed by atoms with van der Waals surface area (Å²) in [5.74, 6) is 2.64. The third-order valence-corrected chi connectivity index (χ3v) is 4.81. The number of furan rings is 1. The number of amides is 1. The third kappa shape index (κ3) is 3.56. The Morgan fingerprint density at radius 3 is 2.69 bits per heavy atom. The highest BCUT2D eigenvalue weighted by molar-refractivity contribution is 5.91. The van der Waals surface area contributed by atoms with Crippen molar-refractivity contribution < 1.29 is 9.21 Å². The van der Waals surface area contributed by atoms with Gasteiger partial charge in [0.25, 0.3) is 5.56 Å². The molecule has 2 aromatic heterocycles. The molecule has 1 aliphatic rings. The van der Waals surface area contributed by atoms with Gasteiger partial charge in [-0.3, -0.25) is 14.2 Å². The number of carbonyl (C=O) groups excluding carboxylic acids is 1. The topological polar surface area (TPSA) is 77.5 Å². The number of aryl methyl sites for hydroxylation is 1. The number of nitrogens with zero attached hydrogens (tertiary/aromatic N) is 3. The second-order valence-corrected chi connectivity index (χ2v) is 6.99. The van der Waals surface area contributed by atoms with Crippen molar-refractivity contribution in [1.29, 1.82) is 0 Å². The zero-order valence-electron chi connectivity index (χ0n) is 15.4. The van der Waals surface area contributed by atoms with Gasteiger partial charge in [0.15, 0.2) is 0 Å². The van der Waals surface area contributed by atoms with E-state index in [0.29, 0.717) is 18.4 Å². The largest absolute Gasteiger partial charge is 0.464 e. The van der Waals surface area contributed by atoms with E-state index in [4.69, 9.17) is 4.42 Å². The van der Waals surface area contributed by atoms with E-state index in [1.165, 1.54) is 34.9 Å². The van der Waals surface area contributed by atoms with Gasteiger partial charge in [0.2, 0.25) is 5.91 Å². The van der Waals surface area contributed by atoms with Crippen LogP contribution in [0.2, 0.25) is 0 Å². The monoisotopic (exact) mass is 357 g/mol. The van der Waals surface area contributed by atoms with Crippen LogP contribution in [0.25, 0.3) is 6.08 Å². The molecule has 0 saturated heterocycles. The lowest BCUT2D eigenvalue weighted by molar-refractivity contribution is -0.125. The first-order valence-corrected chi connectivity index (χ1v) is 8.56. The SMILES string of the molecule is C[C@@H]1C[C@H]1c1ccc(CN(C)C(=O)/C=C\c2cn(C)c(=O)n(C)c2=O)o1. The fourth-order valence-corrected chi connectivity index (χ4v) is 2.95. The van der Waals surface area contributed by atoms with Gasteiger partial charge >= 0.3 is 5.69 Å². The Morgan fingerprint density at radius 1 is 1.35 bits per heavy atom. The summed E-state index contributed by atoms with van der Waals surface area (Å²) in [5.41, 5.74) is -0.567. The summed E-state index contributed by atoms with van der Waals surface area (Å²) in [6.45, 7) is 2.55. The summed E-state index contributed by atoms with van der Waals surface area (Å²) in [7, 11) is 4.64. The normalized spacial score (nSPS) is 19.1. The molecule has 0 N–H and O–H groups in total. The quantitative estimate of drug-likeness (QED) is 0.760. The van der Waals surface area contributed by atoms with Crippen LogP contribution in [0.5, 0.6) is 0 Å². The Labute approximate surface area is 151 Å². The molecule has 3 rings (SSSR count). The van der Waals surface area contributed by atoms with Crippen molar-refractivity contribution in [2.24, 2.45) is 20.0 Å². The standard InChI is InChI=1S/C19H23N3O4/c1-12-9-15(12)16-7-6-14(26-16)11-20(2)17(23)8-5-13-10-21(3)19(25)22(4)18(13)24/h5-8,10,12,15H,9,11H2,1-4H3/b8-5-/t12-,15-/m1/s1. The van der Waals surface area contributed by atoms with E-state index in [1.807, 2.05) is 12.1 Å². The van der Waals surface area contributed by atoms with Gasteiger partial charge in [0.1, 0.15) is 11.5 Å². The summed E-state index contributed by atoms with van der Waals surface area (Å²) in [6, 6.07) is 3.88. The lowest BCUT2D eigenvalue weighted by Gasteiger charge is -2.13. The van der Waals surface area contributed by atoms with Crippen molar-refractivity contribution in [1.82, 2.24) is 14.0 Å². The molecule has 1 fully saturated rings. The predicted octanol–water partition coefficient (Wildman–Crippen LogP) is 1.47. The molecule has 1 amide bonds. The summed E-state index contributed by atoms with van der Waals surface area (Å²) >= 11 is 0. The van der Waals surface area contributed by atoms with Crippen LogP contribution >= 0.6 is 0 Å². The van der Waals surface area contributed by atoms with Crippen molar-refractivity contribution in [3.63, 3.8) is 0 Å². The van der Waals surface area contributed by atoms with Crippen molar-refractivity contribution in [3.8, 4) is 0 Å². The second kappa shape index (κ2) is 6.82. The highest BCUT2D eigenvalue weighted by atomic mass is 16.3. The fourth-order valence-electron chi connectivity index (χ4n) is 2.95. The molecular weight excluding hydrogens is 334 g/mol. The van der Waals surface area contributed by atoms with Crippen LogP contribution in [0, 0.1) is 5.92 Å². The number of hydrogen-bond acceptors (Lipinski definition) is 4. The van der Waals surface area contributed by atoms with Crippen molar-refractivity contribution in [3.05, 3.63) is 62.3 Å². The van der Waals surface area contributed by atoms with E-state index < -0.39 is 11.2 Å². The maximum absolute atomic E-state index is 12.3.